The molecule has 0 radical (unpaired) electrons. The van der Waals surface area contributed by atoms with Crippen molar-refractivity contribution < 1.29 is 9.94 Å². The SMILES string of the molecule is N/C(=N/O)c1ccc(Cl)cc1OCc1cccc(Br)c1. The van der Waals surface area contributed by atoms with E-state index in [1.165, 1.54) is 0 Å². The lowest BCUT2D eigenvalue weighted by atomic mass is 10.2. The highest BCUT2D eigenvalue weighted by atomic mass is 79.9. The van der Waals surface area contributed by atoms with Gasteiger partial charge in [-0.1, -0.05) is 44.8 Å². The van der Waals surface area contributed by atoms with Crippen LogP contribution >= 0.6 is 27.5 Å². The maximum absolute atomic E-state index is 8.77. The summed E-state index contributed by atoms with van der Waals surface area (Å²) in [6.07, 6.45) is 0. The van der Waals surface area contributed by atoms with E-state index in [0.717, 1.165) is 10.0 Å². The fraction of sp³-hybridized carbons (Fsp3) is 0.0714. The second-order valence-corrected chi connectivity index (χ2v) is 5.40. The van der Waals surface area contributed by atoms with E-state index in [0.29, 0.717) is 22.9 Å². The second kappa shape index (κ2) is 6.63. The summed E-state index contributed by atoms with van der Waals surface area (Å²) in [5.41, 5.74) is 7.09. The summed E-state index contributed by atoms with van der Waals surface area (Å²) < 4.78 is 6.68. The molecule has 6 heteroatoms. The fourth-order valence-electron chi connectivity index (χ4n) is 1.67. The Morgan fingerprint density at radius 3 is 2.80 bits per heavy atom. The minimum Gasteiger partial charge on any atom is -0.488 e. The molecule has 2 aromatic rings. The Bertz CT molecular complexity index is 647. The molecule has 0 saturated carbocycles. The van der Waals surface area contributed by atoms with Crippen molar-refractivity contribution in [1.82, 2.24) is 0 Å². The standard InChI is InChI=1S/C14H12BrClN2O2/c15-10-3-1-2-9(6-10)8-20-13-7-11(16)4-5-12(13)14(17)18-19/h1-7,19H,8H2,(H2,17,18). The molecule has 0 unspecified atom stereocenters. The average molecular weight is 356 g/mol. The van der Waals surface area contributed by atoms with Crippen LogP contribution in [0.15, 0.2) is 52.1 Å². The first-order valence-electron chi connectivity index (χ1n) is 5.75. The number of hydrogen-bond acceptors (Lipinski definition) is 3. The van der Waals surface area contributed by atoms with Crippen molar-refractivity contribution in [2.45, 2.75) is 6.61 Å². The lowest BCUT2D eigenvalue weighted by Crippen LogP contribution is -2.14. The highest BCUT2D eigenvalue weighted by Crippen LogP contribution is 2.24. The molecule has 0 aromatic heterocycles. The third-order valence-electron chi connectivity index (χ3n) is 2.61. The van der Waals surface area contributed by atoms with E-state index in [1.54, 1.807) is 18.2 Å². The van der Waals surface area contributed by atoms with E-state index in [2.05, 4.69) is 21.1 Å². The van der Waals surface area contributed by atoms with Gasteiger partial charge in [-0.3, -0.25) is 0 Å². The molecule has 0 aliphatic carbocycles. The van der Waals surface area contributed by atoms with Gasteiger partial charge in [-0.05, 0) is 35.9 Å². The predicted octanol–water partition coefficient (Wildman–Crippen LogP) is 3.78. The van der Waals surface area contributed by atoms with Crippen molar-refractivity contribution >= 4 is 33.4 Å². The fourth-order valence-corrected chi connectivity index (χ4v) is 2.28. The van der Waals surface area contributed by atoms with Gasteiger partial charge in [0.25, 0.3) is 0 Å². The number of ether oxygens (including phenoxy) is 1. The third kappa shape index (κ3) is 3.65. The number of amidine groups is 1. The van der Waals surface area contributed by atoms with Gasteiger partial charge in [0.1, 0.15) is 12.4 Å². The Balaban J connectivity index is 2.22. The van der Waals surface area contributed by atoms with Gasteiger partial charge in [0.2, 0.25) is 0 Å². The van der Waals surface area contributed by atoms with E-state index in [4.69, 9.17) is 27.3 Å². The summed E-state index contributed by atoms with van der Waals surface area (Å²) >= 11 is 9.34. The molecule has 2 rings (SSSR count). The summed E-state index contributed by atoms with van der Waals surface area (Å²) in [5, 5.41) is 12.3. The first kappa shape index (κ1) is 14.7. The van der Waals surface area contributed by atoms with Gasteiger partial charge in [0.05, 0.1) is 5.56 Å². The first-order chi connectivity index (χ1) is 9.60. The molecule has 0 spiro atoms. The summed E-state index contributed by atoms with van der Waals surface area (Å²) in [6, 6.07) is 12.7. The van der Waals surface area contributed by atoms with Crippen LogP contribution in [0.1, 0.15) is 11.1 Å². The third-order valence-corrected chi connectivity index (χ3v) is 3.34. The minimum absolute atomic E-state index is 0.0223. The zero-order valence-electron chi connectivity index (χ0n) is 10.4. The number of oxime groups is 1. The van der Waals surface area contributed by atoms with Crippen molar-refractivity contribution in [2.75, 3.05) is 0 Å². The molecule has 0 aliphatic heterocycles. The Kier molecular flexibility index (Phi) is 4.87. The van der Waals surface area contributed by atoms with Gasteiger partial charge < -0.3 is 15.7 Å². The molecule has 4 nitrogen and oxygen atoms in total. The molecule has 0 saturated heterocycles. The molecular weight excluding hydrogens is 344 g/mol. The van der Waals surface area contributed by atoms with Crippen molar-refractivity contribution in [3.05, 3.63) is 63.1 Å². The number of hydrogen-bond donors (Lipinski definition) is 2. The Hall–Kier alpha value is -1.72. The van der Waals surface area contributed by atoms with Crippen LogP contribution in [-0.2, 0) is 6.61 Å². The maximum atomic E-state index is 8.77. The van der Waals surface area contributed by atoms with Gasteiger partial charge in [0, 0.05) is 9.50 Å². The monoisotopic (exact) mass is 354 g/mol. The number of halogens is 2. The molecule has 0 bridgehead atoms. The maximum Gasteiger partial charge on any atom is 0.173 e. The number of nitrogens with zero attached hydrogens (tertiary/aromatic N) is 1. The van der Waals surface area contributed by atoms with Gasteiger partial charge in [-0.15, -0.1) is 0 Å². The van der Waals surface area contributed by atoms with Crippen LogP contribution in [0.5, 0.6) is 5.75 Å². The van der Waals surface area contributed by atoms with Gasteiger partial charge in [-0.25, -0.2) is 0 Å². The zero-order valence-corrected chi connectivity index (χ0v) is 12.7. The molecule has 3 N–H and O–H groups in total. The van der Waals surface area contributed by atoms with Crippen LogP contribution in [0, 0.1) is 0 Å². The molecule has 104 valence electrons. The smallest absolute Gasteiger partial charge is 0.173 e. The van der Waals surface area contributed by atoms with Crippen LogP contribution in [0.4, 0.5) is 0 Å². The lowest BCUT2D eigenvalue weighted by molar-refractivity contribution is 0.303. The molecule has 0 fully saturated rings. The van der Waals surface area contributed by atoms with Crippen LogP contribution in [-0.4, -0.2) is 11.0 Å². The molecule has 0 amide bonds. The Morgan fingerprint density at radius 1 is 1.30 bits per heavy atom. The molecule has 0 aliphatic rings. The highest BCUT2D eigenvalue weighted by molar-refractivity contribution is 9.10. The lowest BCUT2D eigenvalue weighted by Gasteiger charge is -2.11. The van der Waals surface area contributed by atoms with Crippen molar-refractivity contribution in [3.8, 4) is 5.75 Å². The van der Waals surface area contributed by atoms with Gasteiger partial charge >= 0.3 is 0 Å². The highest BCUT2D eigenvalue weighted by Gasteiger charge is 2.09. The van der Waals surface area contributed by atoms with Crippen LogP contribution in [0.2, 0.25) is 5.02 Å². The summed E-state index contributed by atoms with van der Waals surface area (Å²) in [6.45, 7) is 0.353. The number of benzene rings is 2. The van der Waals surface area contributed by atoms with Crippen LogP contribution in [0.3, 0.4) is 0 Å². The molecular formula is C14H12BrClN2O2. The Morgan fingerprint density at radius 2 is 2.10 bits per heavy atom. The van der Waals surface area contributed by atoms with Crippen molar-refractivity contribution in [2.24, 2.45) is 10.9 Å². The Labute approximate surface area is 129 Å². The summed E-state index contributed by atoms with van der Waals surface area (Å²) in [4.78, 5) is 0. The zero-order chi connectivity index (χ0) is 14.5. The van der Waals surface area contributed by atoms with Crippen LogP contribution in [0.25, 0.3) is 0 Å². The normalized spacial score (nSPS) is 11.4. The first-order valence-corrected chi connectivity index (χ1v) is 6.92. The van der Waals surface area contributed by atoms with Crippen molar-refractivity contribution in [3.63, 3.8) is 0 Å². The van der Waals surface area contributed by atoms with Gasteiger partial charge in [-0.2, -0.15) is 0 Å². The molecule has 20 heavy (non-hydrogen) atoms. The second-order valence-electron chi connectivity index (χ2n) is 4.04. The van der Waals surface area contributed by atoms with Gasteiger partial charge in [0.15, 0.2) is 5.84 Å². The average Bonchev–Trinajstić information content (AvgIpc) is 2.44. The van der Waals surface area contributed by atoms with E-state index in [-0.39, 0.29) is 5.84 Å². The summed E-state index contributed by atoms with van der Waals surface area (Å²) in [7, 11) is 0. The molecule has 0 atom stereocenters. The molecule has 2 aromatic carbocycles. The number of nitrogens with two attached hydrogens (primary N) is 1. The van der Waals surface area contributed by atoms with Crippen LogP contribution < -0.4 is 10.5 Å². The quantitative estimate of drug-likeness (QED) is 0.379. The minimum atomic E-state index is -0.0223. The predicted molar refractivity (Wildman–Crippen MR) is 82.4 cm³/mol. The van der Waals surface area contributed by atoms with E-state index < -0.39 is 0 Å². The summed E-state index contributed by atoms with van der Waals surface area (Å²) in [5.74, 6) is 0.443. The molecule has 0 heterocycles. The largest absolute Gasteiger partial charge is 0.488 e. The topological polar surface area (TPSA) is 67.8 Å². The van der Waals surface area contributed by atoms with E-state index in [1.807, 2.05) is 24.3 Å². The van der Waals surface area contributed by atoms with Crippen molar-refractivity contribution in [1.29, 1.82) is 0 Å². The van der Waals surface area contributed by atoms with E-state index >= 15 is 0 Å². The van der Waals surface area contributed by atoms with E-state index in [9.17, 15) is 0 Å². The number of rotatable bonds is 4.